The van der Waals surface area contributed by atoms with Crippen molar-refractivity contribution in [2.45, 2.75) is 26.4 Å². The lowest BCUT2D eigenvalue weighted by Crippen LogP contribution is -3.40. The van der Waals surface area contributed by atoms with Crippen LogP contribution in [0.3, 0.4) is 0 Å². The van der Waals surface area contributed by atoms with Gasteiger partial charge in [0.1, 0.15) is 17.1 Å². The minimum Gasteiger partial charge on any atom is -0.507 e. The lowest BCUT2D eigenvalue weighted by atomic mass is 9.63. The van der Waals surface area contributed by atoms with Gasteiger partial charge in [0, 0.05) is 6.07 Å². The normalized spacial score (nSPS) is 44.0. The van der Waals surface area contributed by atoms with Crippen LogP contribution >= 0.6 is 0 Å². The summed E-state index contributed by atoms with van der Waals surface area (Å²) in [5.41, 5.74) is 2.05. The monoisotopic (exact) mass is 290 g/mol. The van der Waals surface area contributed by atoms with Gasteiger partial charge in [-0.3, -0.25) is 9.80 Å². The first-order valence-electron chi connectivity index (χ1n) is 7.98. The van der Waals surface area contributed by atoms with Crippen molar-refractivity contribution in [3.8, 4) is 11.5 Å². The molecule has 3 N–H and O–H groups in total. The molecule has 0 radical (unpaired) electrons. The third-order valence-corrected chi connectivity index (χ3v) is 5.83. The van der Waals surface area contributed by atoms with Gasteiger partial charge < -0.3 is 9.84 Å². The Bertz CT molecular complexity index is 550. The molecule has 21 heavy (non-hydrogen) atoms. The minimum absolute atomic E-state index is 0.386. The van der Waals surface area contributed by atoms with Crippen LogP contribution in [0.2, 0.25) is 0 Å². The SMILES string of the molecule is COc1ccc(C2[NH+]3CC4(C)C[NH+]2CC(C)(C3)C4)c(O)c1. The van der Waals surface area contributed by atoms with Crippen LogP contribution in [-0.4, -0.2) is 38.4 Å². The van der Waals surface area contributed by atoms with Crippen LogP contribution in [0.15, 0.2) is 18.2 Å². The van der Waals surface area contributed by atoms with E-state index in [1.54, 1.807) is 23.0 Å². The summed E-state index contributed by atoms with van der Waals surface area (Å²) in [6, 6.07) is 5.79. The Kier molecular flexibility index (Phi) is 2.64. The number of methoxy groups -OCH3 is 1. The van der Waals surface area contributed by atoms with Crippen molar-refractivity contribution in [1.82, 2.24) is 0 Å². The van der Waals surface area contributed by atoms with E-state index in [2.05, 4.69) is 19.9 Å². The molecule has 4 bridgehead atoms. The molecule has 4 heteroatoms. The van der Waals surface area contributed by atoms with Crippen LogP contribution < -0.4 is 14.5 Å². The molecule has 4 saturated heterocycles. The molecular formula is C17H26N2O2+2. The maximum absolute atomic E-state index is 10.4. The van der Waals surface area contributed by atoms with Crippen LogP contribution in [0.5, 0.6) is 11.5 Å². The van der Waals surface area contributed by atoms with Crippen molar-refractivity contribution in [2.75, 3.05) is 33.3 Å². The van der Waals surface area contributed by atoms with Crippen LogP contribution in [-0.2, 0) is 0 Å². The second-order valence-corrected chi connectivity index (χ2v) is 8.18. The summed E-state index contributed by atoms with van der Waals surface area (Å²) in [5.74, 6) is 1.12. The number of hydrogen-bond acceptors (Lipinski definition) is 2. The fourth-order valence-electron chi connectivity index (χ4n) is 5.75. The van der Waals surface area contributed by atoms with Crippen molar-refractivity contribution in [1.29, 1.82) is 0 Å². The van der Waals surface area contributed by atoms with Gasteiger partial charge >= 0.3 is 0 Å². The van der Waals surface area contributed by atoms with Gasteiger partial charge in [-0.25, -0.2) is 0 Å². The summed E-state index contributed by atoms with van der Waals surface area (Å²) in [6.45, 7) is 9.86. The maximum Gasteiger partial charge on any atom is 0.243 e. The van der Waals surface area contributed by atoms with Crippen molar-refractivity contribution in [3.05, 3.63) is 23.8 Å². The van der Waals surface area contributed by atoms with E-state index in [9.17, 15) is 5.11 Å². The topological polar surface area (TPSA) is 38.3 Å². The fraction of sp³-hybridized carbons (Fsp3) is 0.647. The predicted octanol–water partition coefficient (Wildman–Crippen LogP) is -0.387. The number of benzene rings is 1. The Hall–Kier alpha value is -1.26. The molecule has 4 nitrogen and oxygen atoms in total. The largest absolute Gasteiger partial charge is 0.507 e. The number of nitrogens with one attached hydrogen (secondary N) is 2. The van der Waals surface area contributed by atoms with E-state index < -0.39 is 0 Å². The standard InChI is InChI=1S/C17H24N2O2/c1-16-7-17(2)10-18(8-16)15(19(9-16)11-17)13-5-4-12(21-3)6-14(13)20/h4-6,15,20H,7-11H2,1-3H3/p+2. The molecule has 4 fully saturated rings. The number of rotatable bonds is 2. The van der Waals surface area contributed by atoms with Crippen LogP contribution in [0.1, 0.15) is 32.0 Å². The molecule has 0 spiro atoms. The molecular weight excluding hydrogens is 264 g/mol. The van der Waals surface area contributed by atoms with E-state index in [-0.39, 0.29) is 0 Å². The molecule has 0 aromatic heterocycles. The van der Waals surface area contributed by atoms with E-state index in [0.717, 1.165) is 11.3 Å². The fourth-order valence-corrected chi connectivity index (χ4v) is 5.75. The molecule has 0 unspecified atom stereocenters. The molecule has 0 saturated carbocycles. The van der Waals surface area contributed by atoms with E-state index in [1.807, 2.05) is 6.07 Å². The highest BCUT2D eigenvalue weighted by atomic mass is 16.5. The van der Waals surface area contributed by atoms with Gasteiger partial charge in [0.2, 0.25) is 6.17 Å². The summed E-state index contributed by atoms with van der Waals surface area (Å²) in [6.07, 6.45) is 1.76. The minimum atomic E-state index is 0.386. The smallest absolute Gasteiger partial charge is 0.243 e. The molecule has 0 amide bonds. The molecule has 1 aromatic rings. The van der Waals surface area contributed by atoms with Gasteiger partial charge in [-0.05, 0) is 32.4 Å². The summed E-state index contributed by atoms with van der Waals surface area (Å²) in [5, 5.41) is 10.4. The molecule has 0 aliphatic carbocycles. The first kappa shape index (κ1) is 13.4. The number of hydrogen-bond donors (Lipinski definition) is 3. The molecule has 0 atom stereocenters. The lowest BCUT2D eigenvalue weighted by molar-refractivity contribution is -1.18. The van der Waals surface area contributed by atoms with Gasteiger partial charge in [-0.15, -0.1) is 0 Å². The summed E-state index contributed by atoms with van der Waals surface area (Å²) >= 11 is 0. The Morgan fingerprint density at radius 3 is 2.14 bits per heavy atom. The number of quaternary nitrogens is 2. The number of phenols is 1. The highest BCUT2D eigenvalue weighted by Crippen LogP contribution is 2.40. The first-order valence-corrected chi connectivity index (χ1v) is 7.98. The van der Waals surface area contributed by atoms with Crippen LogP contribution in [0.25, 0.3) is 0 Å². The quantitative estimate of drug-likeness (QED) is 0.694. The third-order valence-electron chi connectivity index (χ3n) is 5.83. The first-order chi connectivity index (χ1) is 9.91. The van der Waals surface area contributed by atoms with E-state index >= 15 is 0 Å². The summed E-state index contributed by atoms with van der Waals surface area (Å²) < 4.78 is 5.21. The Labute approximate surface area is 126 Å². The maximum atomic E-state index is 10.4. The molecule has 1 aromatic carbocycles. The number of aromatic hydroxyl groups is 1. The second-order valence-electron chi connectivity index (χ2n) is 8.18. The predicted molar refractivity (Wildman–Crippen MR) is 79.6 cm³/mol. The zero-order valence-electron chi connectivity index (χ0n) is 13.2. The highest BCUT2D eigenvalue weighted by Gasteiger charge is 2.63. The third kappa shape index (κ3) is 1.96. The van der Waals surface area contributed by atoms with E-state index in [1.165, 1.54) is 32.6 Å². The van der Waals surface area contributed by atoms with E-state index in [0.29, 0.717) is 22.7 Å². The summed E-state index contributed by atoms with van der Waals surface area (Å²) in [7, 11) is 1.64. The van der Waals surface area contributed by atoms with Gasteiger partial charge in [0.25, 0.3) is 0 Å². The molecule has 4 aliphatic rings. The van der Waals surface area contributed by atoms with Crippen molar-refractivity contribution in [2.24, 2.45) is 10.8 Å². The zero-order valence-corrected chi connectivity index (χ0v) is 13.2. The Balaban J connectivity index is 1.71. The van der Waals surface area contributed by atoms with Crippen LogP contribution in [0, 0.1) is 10.8 Å². The van der Waals surface area contributed by atoms with Gasteiger partial charge in [0.15, 0.2) is 0 Å². The van der Waals surface area contributed by atoms with Gasteiger partial charge in [-0.1, -0.05) is 0 Å². The Morgan fingerprint density at radius 1 is 1.10 bits per heavy atom. The Morgan fingerprint density at radius 2 is 1.67 bits per heavy atom. The average molecular weight is 290 g/mol. The molecule has 4 heterocycles. The molecule has 4 aliphatic heterocycles. The van der Waals surface area contributed by atoms with Gasteiger partial charge in [-0.2, -0.15) is 0 Å². The number of phenolic OH excluding ortho intramolecular Hbond substituents is 1. The highest BCUT2D eigenvalue weighted by molar-refractivity contribution is 5.40. The van der Waals surface area contributed by atoms with E-state index in [4.69, 9.17) is 4.74 Å². The zero-order chi connectivity index (χ0) is 14.8. The van der Waals surface area contributed by atoms with Gasteiger partial charge in [0.05, 0.1) is 44.1 Å². The number of ether oxygens (including phenoxy) is 1. The average Bonchev–Trinajstić information content (AvgIpc) is 2.36. The second kappa shape index (κ2) is 4.14. The molecule has 114 valence electrons. The van der Waals surface area contributed by atoms with Crippen molar-refractivity contribution in [3.63, 3.8) is 0 Å². The summed E-state index contributed by atoms with van der Waals surface area (Å²) in [4.78, 5) is 3.30. The molecule has 5 rings (SSSR count). The van der Waals surface area contributed by atoms with Crippen LogP contribution in [0.4, 0.5) is 0 Å². The lowest BCUT2D eigenvalue weighted by Gasteiger charge is -2.60. The number of piperidine rings is 2. The van der Waals surface area contributed by atoms with Crippen molar-refractivity contribution < 1.29 is 19.6 Å². The van der Waals surface area contributed by atoms with Crippen molar-refractivity contribution >= 4 is 0 Å².